The summed E-state index contributed by atoms with van der Waals surface area (Å²) in [7, 11) is 0. The third kappa shape index (κ3) is 1.99. The molecule has 0 aliphatic carbocycles. The van der Waals surface area contributed by atoms with Gasteiger partial charge in [0.1, 0.15) is 11.6 Å². The van der Waals surface area contributed by atoms with Gasteiger partial charge in [-0.3, -0.25) is 4.79 Å². The number of allylic oxidation sites excluding steroid dienone is 1. The Morgan fingerprint density at radius 2 is 2.08 bits per heavy atom. The molecule has 1 radical (unpaired) electrons. The lowest BCUT2D eigenvalue weighted by atomic mass is 10.2. The molecule has 0 saturated heterocycles. The van der Waals surface area contributed by atoms with E-state index in [1.807, 2.05) is 0 Å². The molecule has 0 fully saturated rings. The quantitative estimate of drug-likeness (QED) is 0.616. The van der Waals surface area contributed by atoms with Gasteiger partial charge in [0, 0.05) is 5.56 Å². The van der Waals surface area contributed by atoms with Crippen molar-refractivity contribution in [1.29, 1.82) is 0 Å². The van der Waals surface area contributed by atoms with Crippen molar-refractivity contribution in [3.63, 3.8) is 0 Å². The van der Waals surface area contributed by atoms with Gasteiger partial charge >= 0.3 is 0 Å². The average Bonchev–Trinajstić information content (AvgIpc) is 2.07. The van der Waals surface area contributed by atoms with Gasteiger partial charge in [0.25, 0.3) is 0 Å². The first-order valence-electron chi connectivity index (χ1n) is 3.23. The molecule has 0 atom stereocenters. The van der Waals surface area contributed by atoms with Crippen molar-refractivity contribution in [2.45, 2.75) is 0 Å². The lowest BCUT2D eigenvalue weighted by Gasteiger charge is -1.94. The highest BCUT2D eigenvalue weighted by Gasteiger charge is 1.98. The Labute approximate surface area is 68.3 Å². The second-order valence-electron chi connectivity index (χ2n) is 2.12. The molecule has 0 unspecified atom stereocenters. The van der Waals surface area contributed by atoms with Crippen LogP contribution in [-0.2, 0) is 4.79 Å². The largest absolute Gasteiger partial charge is 0.286 e. The lowest BCUT2D eigenvalue weighted by Crippen LogP contribution is -1.83. The molecule has 1 aromatic rings. The molecule has 0 bridgehead atoms. The normalized spacial score (nSPS) is 10.5. The van der Waals surface area contributed by atoms with Crippen molar-refractivity contribution in [2.75, 3.05) is 0 Å². The molecule has 3 heteroatoms. The maximum Gasteiger partial charge on any atom is 0.225 e. The Morgan fingerprint density at radius 1 is 1.33 bits per heavy atom. The number of benzene rings is 1. The molecular weight excluding hydrogens is 162 g/mol. The Kier molecular flexibility index (Phi) is 2.69. The van der Waals surface area contributed by atoms with E-state index in [0.717, 1.165) is 30.4 Å². The topological polar surface area (TPSA) is 17.1 Å². The maximum atomic E-state index is 12.7. The van der Waals surface area contributed by atoms with Gasteiger partial charge in [-0.05, 0) is 30.4 Å². The molecule has 0 heterocycles. The fourth-order valence-electron chi connectivity index (χ4n) is 0.766. The van der Waals surface area contributed by atoms with Crippen molar-refractivity contribution >= 4 is 12.4 Å². The third-order valence-electron chi connectivity index (χ3n) is 1.29. The highest BCUT2D eigenvalue weighted by atomic mass is 19.1. The minimum atomic E-state index is -0.567. The van der Waals surface area contributed by atoms with Crippen molar-refractivity contribution < 1.29 is 13.6 Å². The summed E-state index contributed by atoms with van der Waals surface area (Å²) in [5, 5.41) is 0. The van der Waals surface area contributed by atoms with Crippen LogP contribution < -0.4 is 0 Å². The van der Waals surface area contributed by atoms with Gasteiger partial charge in [-0.1, -0.05) is 0 Å². The van der Waals surface area contributed by atoms with Crippen LogP contribution in [0.25, 0.3) is 6.08 Å². The van der Waals surface area contributed by atoms with E-state index in [2.05, 4.69) is 0 Å². The summed E-state index contributed by atoms with van der Waals surface area (Å²) in [6.45, 7) is 0. The Balaban J connectivity index is 3.04. The van der Waals surface area contributed by atoms with E-state index < -0.39 is 11.6 Å². The molecule has 12 heavy (non-hydrogen) atoms. The lowest BCUT2D eigenvalue weighted by molar-refractivity contribution is 0.564. The zero-order valence-corrected chi connectivity index (χ0v) is 6.05. The van der Waals surface area contributed by atoms with Crippen LogP contribution in [-0.4, -0.2) is 6.29 Å². The molecule has 1 nitrogen and oxygen atoms in total. The number of carbonyl (C=O) groups excluding carboxylic acids is 1. The molecular formula is C9H5F2O. The highest BCUT2D eigenvalue weighted by molar-refractivity contribution is 5.74. The predicted octanol–water partition coefficient (Wildman–Crippen LogP) is 2.09. The van der Waals surface area contributed by atoms with Gasteiger partial charge < -0.3 is 0 Å². The molecule has 0 amide bonds. The fourth-order valence-corrected chi connectivity index (χ4v) is 0.766. The van der Waals surface area contributed by atoms with Crippen LogP contribution in [0.2, 0.25) is 0 Å². The van der Waals surface area contributed by atoms with E-state index in [1.54, 1.807) is 0 Å². The second kappa shape index (κ2) is 3.76. The maximum absolute atomic E-state index is 12.7. The smallest absolute Gasteiger partial charge is 0.225 e. The molecule has 1 aromatic carbocycles. The first-order chi connectivity index (χ1) is 5.74. The molecule has 0 aliphatic rings. The van der Waals surface area contributed by atoms with Crippen LogP contribution in [0.5, 0.6) is 0 Å². The highest BCUT2D eigenvalue weighted by Crippen LogP contribution is 2.10. The van der Waals surface area contributed by atoms with Crippen molar-refractivity contribution in [3.8, 4) is 0 Å². The summed E-state index contributed by atoms with van der Waals surface area (Å²) < 4.78 is 25.2. The Bertz CT molecular complexity index is 318. The molecule has 61 valence electrons. The predicted molar refractivity (Wildman–Crippen MR) is 41.1 cm³/mol. The van der Waals surface area contributed by atoms with Crippen molar-refractivity contribution in [2.24, 2.45) is 0 Å². The summed E-state index contributed by atoms with van der Waals surface area (Å²) in [5.74, 6) is -1.11. The third-order valence-corrected chi connectivity index (χ3v) is 1.29. The minimum Gasteiger partial charge on any atom is -0.286 e. The summed E-state index contributed by atoms with van der Waals surface area (Å²) in [4.78, 5) is 9.75. The first-order valence-corrected chi connectivity index (χ1v) is 3.23. The Morgan fingerprint density at radius 3 is 2.75 bits per heavy atom. The zero-order valence-electron chi connectivity index (χ0n) is 6.05. The van der Waals surface area contributed by atoms with Gasteiger partial charge in [0.05, 0.1) is 0 Å². The summed E-state index contributed by atoms with van der Waals surface area (Å²) in [5.41, 5.74) is 0.0401. The van der Waals surface area contributed by atoms with E-state index >= 15 is 0 Å². The van der Waals surface area contributed by atoms with Gasteiger partial charge in [-0.2, -0.15) is 0 Å². The standard InChI is InChI=1S/C9H5F2O/c10-8-3-4-9(11)7(6-8)2-1-5-12/h1-4,6H. The van der Waals surface area contributed by atoms with Crippen molar-refractivity contribution in [1.82, 2.24) is 0 Å². The van der Waals surface area contributed by atoms with Crippen LogP contribution in [0.3, 0.4) is 0 Å². The molecule has 0 N–H and O–H groups in total. The second-order valence-corrected chi connectivity index (χ2v) is 2.12. The molecule has 0 saturated carbocycles. The van der Waals surface area contributed by atoms with Gasteiger partial charge in [-0.15, -0.1) is 0 Å². The molecule has 0 spiro atoms. The number of halogens is 2. The van der Waals surface area contributed by atoms with Crippen LogP contribution in [0.4, 0.5) is 8.78 Å². The summed E-state index contributed by atoms with van der Waals surface area (Å²) in [6.07, 6.45) is 3.59. The number of hydrogen-bond acceptors (Lipinski definition) is 1. The summed E-state index contributed by atoms with van der Waals surface area (Å²) in [6, 6.07) is 3.01. The SMILES string of the molecule is O=[C]C=Cc1cc(F)ccc1F. The number of hydrogen-bond donors (Lipinski definition) is 0. The van der Waals surface area contributed by atoms with Crippen LogP contribution in [0.15, 0.2) is 24.3 Å². The first kappa shape index (κ1) is 8.59. The van der Waals surface area contributed by atoms with Gasteiger partial charge in [0.15, 0.2) is 0 Å². The molecule has 1 rings (SSSR count). The minimum absolute atomic E-state index is 0.0401. The monoisotopic (exact) mass is 167 g/mol. The fraction of sp³-hybridized carbons (Fsp3) is 0. The average molecular weight is 167 g/mol. The van der Waals surface area contributed by atoms with Gasteiger partial charge in [0.2, 0.25) is 6.29 Å². The van der Waals surface area contributed by atoms with E-state index in [4.69, 9.17) is 0 Å². The van der Waals surface area contributed by atoms with E-state index in [1.165, 1.54) is 6.29 Å². The van der Waals surface area contributed by atoms with Crippen LogP contribution >= 0.6 is 0 Å². The van der Waals surface area contributed by atoms with Crippen LogP contribution in [0.1, 0.15) is 5.56 Å². The number of rotatable bonds is 2. The zero-order chi connectivity index (χ0) is 8.97. The van der Waals surface area contributed by atoms with Crippen LogP contribution in [0, 0.1) is 11.6 Å². The molecule has 0 aliphatic heterocycles. The Hall–Kier alpha value is -1.51. The summed E-state index contributed by atoms with van der Waals surface area (Å²) >= 11 is 0. The van der Waals surface area contributed by atoms with Crippen molar-refractivity contribution in [3.05, 3.63) is 41.5 Å². The molecule has 0 aromatic heterocycles. The van der Waals surface area contributed by atoms with E-state index in [0.29, 0.717) is 0 Å². The van der Waals surface area contributed by atoms with Gasteiger partial charge in [-0.25, -0.2) is 8.78 Å². The van der Waals surface area contributed by atoms with E-state index in [-0.39, 0.29) is 5.56 Å². The van der Waals surface area contributed by atoms with E-state index in [9.17, 15) is 13.6 Å².